The van der Waals surface area contributed by atoms with Gasteiger partial charge in [-0.25, -0.2) is 0 Å². The van der Waals surface area contributed by atoms with E-state index in [-0.39, 0.29) is 11.4 Å². The van der Waals surface area contributed by atoms with Crippen LogP contribution in [0.5, 0.6) is 5.75 Å². The molecule has 0 heterocycles. The maximum atomic E-state index is 10.4. The Morgan fingerprint density at radius 1 is 1.67 bits per heavy atom. The second-order valence-electron chi connectivity index (χ2n) is 3.23. The number of nitro benzene ring substituents is 1. The van der Waals surface area contributed by atoms with E-state index in [1.54, 1.807) is 0 Å². The Kier molecular flexibility index (Phi) is 3.28. The van der Waals surface area contributed by atoms with Crippen molar-refractivity contribution in [2.75, 3.05) is 12.3 Å². The second kappa shape index (κ2) is 4.45. The zero-order chi connectivity index (χ0) is 11.4. The summed E-state index contributed by atoms with van der Waals surface area (Å²) < 4.78 is 5.29. The third kappa shape index (κ3) is 2.98. The Balaban J connectivity index is 2.83. The molecule has 0 aliphatic heterocycles. The minimum absolute atomic E-state index is 0.0461. The third-order valence-electron chi connectivity index (χ3n) is 1.68. The quantitative estimate of drug-likeness (QED) is 0.356. The van der Waals surface area contributed by atoms with Crippen LogP contribution < -0.4 is 10.5 Å². The van der Waals surface area contributed by atoms with Crippen molar-refractivity contribution in [3.63, 3.8) is 0 Å². The molecule has 0 aliphatic carbocycles. The molecule has 80 valence electrons. The molecule has 5 nitrogen and oxygen atoms in total. The van der Waals surface area contributed by atoms with Gasteiger partial charge < -0.3 is 10.5 Å². The van der Waals surface area contributed by atoms with Crippen LogP contribution >= 0.6 is 0 Å². The fourth-order valence-corrected chi connectivity index (χ4v) is 0.982. The van der Waals surface area contributed by atoms with Crippen molar-refractivity contribution < 1.29 is 9.66 Å². The van der Waals surface area contributed by atoms with Crippen LogP contribution in [0, 0.1) is 10.1 Å². The molecule has 1 aromatic carbocycles. The first-order valence-corrected chi connectivity index (χ1v) is 4.32. The molecule has 0 bridgehead atoms. The van der Waals surface area contributed by atoms with Gasteiger partial charge in [0.15, 0.2) is 0 Å². The third-order valence-corrected chi connectivity index (χ3v) is 1.68. The van der Waals surface area contributed by atoms with Crippen LogP contribution in [-0.2, 0) is 0 Å². The molecular formula is C10H12N2O3. The van der Waals surface area contributed by atoms with Crippen molar-refractivity contribution >= 4 is 11.4 Å². The topological polar surface area (TPSA) is 78.4 Å². The SMILES string of the molecule is C=C(C)COc1ccc([N+](=O)[O-])cc1N. The van der Waals surface area contributed by atoms with Gasteiger partial charge in [0, 0.05) is 12.1 Å². The lowest BCUT2D eigenvalue weighted by molar-refractivity contribution is -0.384. The number of ether oxygens (including phenoxy) is 1. The minimum Gasteiger partial charge on any atom is -0.487 e. The van der Waals surface area contributed by atoms with Crippen molar-refractivity contribution in [2.24, 2.45) is 0 Å². The molecule has 0 spiro atoms. The summed E-state index contributed by atoms with van der Waals surface area (Å²) in [6.07, 6.45) is 0. The summed E-state index contributed by atoms with van der Waals surface area (Å²) in [5.41, 5.74) is 6.65. The molecular weight excluding hydrogens is 196 g/mol. The van der Waals surface area contributed by atoms with Crippen LogP contribution in [0.3, 0.4) is 0 Å². The second-order valence-corrected chi connectivity index (χ2v) is 3.23. The van der Waals surface area contributed by atoms with E-state index in [4.69, 9.17) is 10.5 Å². The lowest BCUT2D eigenvalue weighted by Gasteiger charge is -2.07. The molecule has 2 N–H and O–H groups in total. The van der Waals surface area contributed by atoms with E-state index < -0.39 is 4.92 Å². The Hall–Kier alpha value is -2.04. The summed E-state index contributed by atoms with van der Waals surface area (Å²) in [4.78, 5) is 9.92. The number of hydrogen-bond acceptors (Lipinski definition) is 4. The van der Waals surface area contributed by atoms with Gasteiger partial charge >= 0.3 is 0 Å². The van der Waals surface area contributed by atoms with Gasteiger partial charge in [0.05, 0.1) is 10.6 Å². The molecule has 0 amide bonds. The Morgan fingerprint density at radius 3 is 2.80 bits per heavy atom. The summed E-state index contributed by atoms with van der Waals surface area (Å²) >= 11 is 0. The zero-order valence-corrected chi connectivity index (χ0v) is 8.40. The van der Waals surface area contributed by atoms with Gasteiger partial charge in [0.2, 0.25) is 0 Å². The van der Waals surface area contributed by atoms with E-state index in [2.05, 4.69) is 6.58 Å². The number of benzene rings is 1. The number of nitrogens with zero attached hydrogens (tertiary/aromatic N) is 1. The standard InChI is InChI=1S/C10H12N2O3/c1-7(2)6-15-10-4-3-8(12(13)14)5-9(10)11/h3-5H,1,6,11H2,2H3. The molecule has 0 aliphatic rings. The van der Waals surface area contributed by atoms with Crippen LogP contribution in [0.4, 0.5) is 11.4 Å². The van der Waals surface area contributed by atoms with Gasteiger partial charge in [-0.3, -0.25) is 10.1 Å². The molecule has 0 aromatic heterocycles. The van der Waals surface area contributed by atoms with Crippen LogP contribution in [0.2, 0.25) is 0 Å². The fraction of sp³-hybridized carbons (Fsp3) is 0.200. The van der Waals surface area contributed by atoms with E-state index >= 15 is 0 Å². The highest BCUT2D eigenvalue weighted by Gasteiger charge is 2.09. The number of rotatable bonds is 4. The lowest BCUT2D eigenvalue weighted by atomic mass is 10.2. The summed E-state index contributed by atoms with van der Waals surface area (Å²) in [7, 11) is 0. The predicted octanol–water partition coefficient (Wildman–Crippen LogP) is 2.13. The average Bonchev–Trinajstić information content (AvgIpc) is 2.15. The maximum absolute atomic E-state index is 10.4. The zero-order valence-electron chi connectivity index (χ0n) is 8.40. The van der Waals surface area contributed by atoms with Crippen LogP contribution in [0.25, 0.3) is 0 Å². The fourth-order valence-electron chi connectivity index (χ4n) is 0.982. The Bertz CT molecular complexity index is 402. The van der Waals surface area contributed by atoms with Gasteiger partial charge in [-0.2, -0.15) is 0 Å². The van der Waals surface area contributed by atoms with Crippen molar-refractivity contribution in [1.29, 1.82) is 0 Å². The normalized spacial score (nSPS) is 9.67. The summed E-state index contributed by atoms with van der Waals surface area (Å²) in [5, 5.41) is 10.4. The maximum Gasteiger partial charge on any atom is 0.271 e. The van der Waals surface area contributed by atoms with Gasteiger partial charge in [-0.15, -0.1) is 0 Å². The van der Waals surface area contributed by atoms with Crippen LogP contribution in [-0.4, -0.2) is 11.5 Å². The highest BCUT2D eigenvalue weighted by atomic mass is 16.6. The minimum atomic E-state index is -0.501. The van der Waals surface area contributed by atoms with E-state index in [0.29, 0.717) is 12.4 Å². The largest absolute Gasteiger partial charge is 0.487 e. The molecule has 0 atom stereocenters. The van der Waals surface area contributed by atoms with Gasteiger partial charge in [0.1, 0.15) is 12.4 Å². The van der Waals surface area contributed by atoms with E-state index in [1.807, 2.05) is 6.92 Å². The number of non-ortho nitro benzene ring substituents is 1. The molecule has 1 aromatic rings. The Labute approximate surface area is 87.3 Å². The molecule has 15 heavy (non-hydrogen) atoms. The number of nitrogen functional groups attached to an aromatic ring is 1. The number of anilines is 1. The summed E-state index contributed by atoms with van der Waals surface area (Å²) in [5.74, 6) is 0.434. The smallest absolute Gasteiger partial charge is 0.271 e. The first-order chi connectivity index (χ1) is 7.00. The van der Waals surface area contributed by atoms with Crippen molar-refractivity contribution in [3.05, 3.63) is 40.5 Å². The van der Waals surface area contributed by atoms with Crippen LogP contribution in [0.15, 0.2) is 30.4 Å². The van der Waals surface area contributed by atoms with Crippen molar-refractivity contribution in [2.45, 2.75) is 6.92 Å². The highest BCUT2D eigenvalue weighted by molar-refractivity contribution is 5.58. The van der Waals surface area contributed by atoms with E-state index in [9.17, 15) is 10.1 Å². The van der Waals surface area contributed by atoms with E-state index in [1.165, 1.54) is 18.2 Å². The summed E-state index contributed by atoms with van der Waals surface area (Å²) in [6, 6.07) is 4.11. The molecule has 0 saturated heterocycles. The average molecular weight is 208 g/mol. The van der Waals surface area contributed by atoms with Gasteiger partial charge in [0.25, 0.3) is 5.69 Å². The summed E-state index contributed by atoms with van der Waals surface area (Å²) in [6.45, 7) is 5.84. The molecule has 5 heteroatoms. The monoisotopic (exact) mass is 208 g/mol. The first-order valence-electron chi connectivity index (χ1n) is 4.32. The van der Waals surface area contributed by atoms with Crippen molar-refractivity contribution in [1.82, 2.24) is 0 Å². The molecule has 0 fully saturated rings. The van der Waals surface area contributed by atoms with Crippen LogP contribution in [0.1, 0.15) is 6.92 Å². The van der Waals surface area contributed by atoms with Gasteiger partial charge in [-0.1, -0.05) is 6.58 Å². The molecule has 0 saturated carbocycles. The van der Waals surface area contributed by atoms with E-state index in [0.717, 1.165) is 5.57 Å². The molecule has 1 rings (SSSR count). The van der Waals surface area contributed by atoms with Gasteiger partial charge in [-0.05, 0) is 18.6 Å². The number of hydrogen-bond donors (Lipinski definition) is 1. The molecule has 0 radical (unpaired) electrons. The molecule has 0 unspecified atom stereocenters. The first kappa shape index (κ1) is 11.0. The lowest BCUT2D eigenvalue weighted by Crippen LogP contribution is -2.01. The van der Waals surface area contributed by atoms with Crippen molar-refractivity contribution in [3.8, 4) is 5.75 Å². The Morgan fingerprint density at radius 2 is 2.33 bits per heavy atom. The highest BCUT2D eigenvalue weighted by Crippen LogP contribution is 2.26. The number of nitro groups is 1. The predicted molar refractivity (Wildman–Crippen MR) is 57.8 cm³/mol. The number of nitrogens with two attached hydrogens (primary N) is 1.